The smallest absolute Gasteiger partial charge is 0.0482 e. The highest BCUT2D eigenvalue weighted by molar-refractivity contribution is 6.30. The van der Waals surface area contributed by atoms with Crippen molar-refractivity contribution in [3.05, 3.63) is 52.3 Å². The Labute approximate surface area is 112 Å². The summed E-state index contributed by atoms with van der Waals surface area (Å²) in [6.07, 6.45) is 5.51. The van der Waals surface area contributed by atoms with Crippen LogP contribution in [0.3, 0.4) is 0 Å². The first kappa shape index (κ1) is 11.8. The molecular formula is C15H17ClN2. The van der Waals surface area contributed by atoms with Crippen molar-refractivity contribution in [1.82, 2.24) is 4.57 Å². The van der Waals surface area contributed by atoms with Crippen molar-refractivity contribution in [2.24, 2.45) is 5.73 Å². The second kappa shape index (κ2) is 4.45. The number of benzene rings is 1. The van der Waals surface area contributed by atoms with Gasteiger partial charge in [-0.15, -0.1) is 0 Å². The summed E-state index contributed by atoms with van der Waals surface area (Å²) < 4.78 is 2.26. The molecule has 3 rings (SSSR count). The summed E-state index contributed by atoms with van der Waals surface area (Å²) in [7, 11) is 0. The van der Waals surface area contributed by atoms with Gasteiger partial charge in [-0.3, -0.25) is 0 Å². The number of halogens is 1. The van der Waals surface area contributed by atoms with Gasteiger partial charge in [0.05, 0.1) is 0 Å². The molecule has 0 fully saturated rings. The fourth-order valence-corrected chi connectivity index (χ4v) is 3.07. The Morgan fingerprint density at radius 1 is 1.33 bits per heavy atom. The van der Waals surface area contributed by atoms with Crippen LogP contribution in [-0.4, -0.2) is 4.57 Å². The number of rotatable bonds is 1. The summed E-state index contributed by atoms with van der Waals surface area (Å²) in [5.74, 6) is 0. The zero-order valence-electron chi connectivity index (χ0n) is 10.5. The third-order valence-corrected chi connectivity index (χ3v) is 4.01. The van der Waals surface area contributed by atoms with Crippen molar-refractivity contribution >= 4 is 11.6 Å². The fraction of sp³-hybridized carbons (Fsp3) is 0.333. The Hall–Kier alpha value is -1.25. The molecule has 0 amide bonds. The molecule has 18 heavy (non-hydrogen) atoms. The molecule has 2 aromatic rings. The molecule has 1 atom stereocenters. The van der Waals surface area contributed by atoms with E-state index in [0.29, 0.717) is 0 Å². The molecule has 2 N–H and O–H groups in total. The number of nitrogens with two attached hydrogens (primary N) is 1. The topological polar surface area (TPSA) is 30.9 Å². The van der Waals surface area contributed by atoms with Crippen LogP contribution in [0.25, 0.3) is 5.69 Å². The molecule has 0 aliphatic heterocycles. The number of fused-ring (bicyclic) bond motifs is 1. The van der Waals surface area contributed by atoms with Crippen LogP contribution in [0.1, 0.15) is 35.7 Å². The van der Waals surface area contributed by atoms with E-state index < -0.39 is 0 Å². The normalized spacial score (nSPS) is 18.7. The van der Waals surface area contributed by atoms with Crippen LogP contribution >= 0.6 is 11.6 Å². The Morgan fingerprint density at radius 2 is 2.17 bits per heavy atom. The molecule has 0 bridgehead atoms. The van der Waals surface area contributed by atoms with Crippen molar-refractivity contribution < 1.29 is 0 Å². The third-order valence-electron chi connectivity index (χ3n) is 3.77. The van der Waals surface area contributed by atoms with Gasteiger partial charge in [0.25, 0.3) is 0 Å². The summed E-state index contributed by atoms with van der Waals surface area (Å²) in [6, 6.07) is 8.39. The number of nitrogens with zero attached hydrogens (tertiary/aromatic N) is 1. The summed E-state index contributed by atoms with van der Waals surface area (Å²) in [4.78, 5) is 0. The second-order valence-electron chi connectivity index (χ2n) is 5.02. The van der Waals surface area contributed by atoms with Gasteiger partial charge in [-0.2, -0.15) is 0 Å². The number of aryl methyl sites for hydroxylation is 1. The van der Waals surface area contributed by atoms with E-state index in [-0.39, 0.29) is 6.04 Å². The van der Waals surface area contributed by atoms with Crippen molar-refractivity contribution in [1.29, 1.82) is 0 Å². The highest BCUT2D eigenvalue weighted by atomic mass is 35.5. The summed E-state index contributed by atoms with van der Waals surface area (Å²) >= 11 is 6.02. The lowest BCUT2D eigenvalue weighted by Gasteiger charge is -2.21. The largest absolute Gasteiger partial charge is 0.324 e. The van der Waals surface area contributed by atoms with E-state index in [4.69, 9.17) is 17.3 Å². The van der Waals surface area contributed by atoms with Crippen molar-refractivity contribution in [2.75, 3.05) is 0 Å². The van der Waals surface area contributed by atoms with Crippen molar-refractivity contribution in [2.45, 2.75) is 32.2 Å². The maximum atomic E-state index is 6.17. The van der Waals surface area contributed by atoms with Gasteiger partial charge in [0.15, 0.2) is 0 Å². The Kier molecular flexibility index (Phi) is 2.92. The van der Waals surface area contributed by atoms with E-state index in [9.17, 15) is 0 Å². The number of hydrogen-bond acceptors (Lipinski definition) is 1. The predicted octanol–water partition coefficient (Wildman–Crippen LogP) is 3.78. The van der Waals surface area contributed by atoms with Crippen LogP contribution in [0.15, 0.2) is 30.5 Å². The van der Waals surface area contributed by atoms with Crippen molar-refractivity contribution in [3.8, 4) is 5.69 Å². The molecule has 1 unspecified atom stereocenters. The molecule has 0 saturated carbocycles. The van der Waals surface area contributed by atoms with Gasteiger partial charge < -0.3 is 10.3 Å². The van der Waals surface area contributed by atoms with Crippen LogP contribution in [-0.2, 0) is 6.42 Å². The molecule has 94 valence electrons. The van der Waals surface area contributed by atoms with Crippen LogP contribution < -0.4 is 5.73 Å². The Balaban J connectivity index is 2.12. The lowest BCUT2D eigenvalue weighted by Crippen LogP contribution is -2.18. The molecule has 2 nitrogen and oxygen atoms in total. The number of aromatic nitrogens is 1. The minimum absolute atomic E-state index is 0.197. The maximum Gasteiger partial charge on any atom is 0.0482 e. The van der Waals surface area contributed by atoms with E-state index in [1.807, 2.05) is 12.1 Å². The summed E-state index contributed by atoms with van der Waals surface area (Å²) in [5, 5.41) is 0.786. The fourth-order valence-electron chi connectivity index (χ4n) is 2.84. The zero-order valence-corrected chi connectivity index (χ0v) is 11.2. The molecule has 0 saturated heterocycles. The molecule has 0 spiro atoms. The average molecular weight is 261 g/mol. The van der Waals surface area contributed by atoms with E-state index in [1.54, 1.807) is 0 Å². The molecule has 1 aromatic heterocycles. The van der Waals surface area contributed by atoms with Gasteiger partial charge in [-0.1, -0.05) is 11.6 Å². The zero-order chi connectivity index (χ0) is 12.7. The first-order chi connectivity index (χ1) is 8.66. The van der Waals surface area contributed by atoms with Gasteiger partial charge in [0, 0.05) is 28.6 Å². The Morgan fingerprint density at radius 3 is 2.94 bits per heavy atom. The molecule has 1 aromatic carbocycles. The van der Waals surface area contributed by atoms with E-state index in [1.165, 1.54) is 28.9 Å². The molecular weight excluding hydrogens is 244 g/mol. The maximum absolute atomic E-state index is 6.17. The van der Waals surface area contributed by atoms with Crippen LogP contribution in [0.5, 0.6) is 0 Å². The lowest BCUT2D eigenvalue weighted by atomic mass is 9.93. The van der Waals surface area contributed by atoms with Crippen molar-refractivity contribution in [3.63, 3.8) is 0 Å². The minimum atomic E-state index is 0.197. The summed E-state index contributed by atoms with van der Waals surface area (Å²) in [5.41, 5.74) is 11.2. The van der Waals surface area contributed by atoms with Gasteiger partial charge in [-0.25, -0.2) is 0 Å². The van der Waals surface area contributed by atoms with Gasteiger partial charge >= 0.3 is 0 Å². The Bertz CT molecular complexity index is 586. The van der Waals surface area contributed by atoms with E-state index in [2.05, 4.69) is 29.8 Å². The minimum Gasteiger partial charge on any atom is -0.324 e. The van der Waals surface area contributed by atoms with Gasteiger partial charge in [0.2, 0.25) is 0 Å². The monoisotopic (exact) mass is 260 g/mol. The molecule has 1 aliphatic rings. The summed E-state index contributed by atoms with van der Waals surface area (Å²) in [6.45, 7) is 2.09. The van der Waals surface area contributed by atoms with Crippen LogP contribution in [0.2, 0.25) is 5.02 Å². The molecule has 0 radical (unpaired) electrons. The van der Waals surface area contributed by atoms with E-state index in [0.717, 1.165) is 17.9 Å². The average Bonchev–Trinajstić information content (AvgIpc) is 2.74. The van der Waals surface area contributed by atoms with E-state index >= 15 is 0 Å². The molecule has 1 aliphatic carbocycles. The quantitative estimate of drug-likeness (QED) is 0.831. The van der Waals surface area contributed by atoms with Crippen LogP contribution in [0.4, 0.5) is 0 Å². The lowest BCUT2D eigenvalue weighted by molar-refractivity contribution is 0.560. The number of hydrogen-bond donors (Lipinski definition) is 1. The van der Waals surface area contributed by atoms with Gasteiger partial charge in [0.1, 0.15) is 0 Å². The van der Waals surface area contributed by atoms with Gasteiger partial charge in [-0.05, 0) is 61.6 Å². The SMILES string of the molecule is Cc1cc(Cl)ccc1-n1ccc2c1CCCC2N. The third kappa shape index (κ3) is 1.86. The molecule has 1 heterocycles. The van der Waals surface area contributed by atoms with Crippen LogP contribution in [0, 0.1) is 6.92 Å². The second-order valence-corrected chi connectivity index (χ2v) is 5.45. The first-order valence-electron chi connectivity index (χ1n) is 6.39. The molecule has 3 heteroatoms. The standard InChI is InChI=1S/C15H17ClN2/c1-10-9-11(16)5-6-14(10)18-8-7-12-13(17)3-2-4-15(12)18/h5-9,13H,2-4,17H2,1H3. The highest BCUT2D eigenvalue weighted by Crippen LogP contribution is 2.31. The first-order valence-corrected chi connectivity index (χ1v) is 6.77. The predicted molar refractivity (Wildman–Crippen MR) is 75.4 cm³/mol. The highest BCUT2D eigenvalue weighted by Gasteiger charge is 2.21.